The first-order valence-corrected chi connectivity index (χ1v) is 4.44. The lowest BCUT2D eigenvalue weighted by molar-refractivity contribution is -0.0545. The van der Waals surface area contributed by atoms with Gasteiger partial charge in [-0.25, -0.2) is 0 Å². The van der Waals surface area contributed by atoms with E-state index in [1.807, 2.05) is 0 Å². The van der Waals surface area contributed by atoms with E-state index in [1.54, 1.807) is 0 Å². The number of hydrogen-bond acceptors (Lipinski definition) is 9. The van der Waals surface area contributed by atoms with Gasteiger partial charge in [-0.1, -0.05) is 10.4 Å². The van der Waals surface area contributed by atoms with E-state index in [0.717, 1.165) is 0 Å². The molecule has 5 N–H and O–H groups in total. The summed E-state index contributed by atoms with van der Waals surface area (Å²) < 4.78 is 0. The number of rotatable bonds is 8. The average molecular weight is 238 g/mol. The van der Waals surface area contributed by atoms with Crippen LogP contribution in [-0.4, -0.2) is 69.1 Å². The minimum atomic E-state index is -1.85. The summed E-state index contributed by atoms with van der Waals surface area (Å²) in [6.07, 6.45) is -5.38. The van der Waals surface area contributed by atoms with Gasteiger partial charge in [0.1, 0.15) is 30.4 Å². The zero-order valence-electron chi connectivity index (χ0n) is 8.25. The minimum absolute atomic E-state index is 0.835. The summed E-state index contributed by atoms with van der Waals surface area (Å²) in [5.74, 6) is 0. The van der Waals surface area contributed by atoms with Gasteiger partial charge in [0.2, 0.25) is 0 Å². The molecule has 0 heterocycles. The Morgan fingerprint density at radius 3 is 1.75 bits per heavy atom. The van der Waals surface area contributed by atoms with E-state index in [-0.39, 0.29) is 0 Å². The summed E-state index contributed by atoms with van der Waals surface area (Å²) in [5, 5.41) is 49.5. The van der Waals surface area contributed by atoms with Gasteiger partial charge < -0.3 is 25.5 Å². The van der Waals surface area contributed by atoms with Crippen LogP contribution in [0.4, 0.5) is 0 Å². The number of aliphatic hydroxyl groups excluding tert-OH is 5. The average Bonchev–Trinajstić information content (AvgIpc) is 2.30. The van der Waals surface area contributed by atoms with Gasteiger partial charge in [-0.2, -0.15) is 9.81 Å². The maximum absolute atomic E-state index is 10.4. The Kier molecular flexibility index (Phi) is 6.85. The van der Waals surface area contributed by atoms with Crippen LogP contribution in [0.5, 0.6) is 0 Å². The van der Waals surface area contributed by atoms with Gasteiger partial charge in [0.25, 0.3) is 0 Å². The van der Waals surface area contributed by atoms with E-state index in [4.69, 9.17) is 15.3 Å². The van der Waals surface area contributed by atoms with Gasteiger partial charge in [-0.15, -0.1) is 0 Å². The third-order valence-corrected chi connectivity index (χ3v) is 2.12. The van der Waals surface area contributed by atoms with Gasteiger partial charge in [0.05, 0.1) is 13.2 Å². The van der Waals surface area contributed by atoms with Crippen molar-refractivity contribution in [3.05, 3.63) is 9.81 Å². The second-order valence-electron chi connectivity index (χ2n) is 3.18. The molecule has 0 aliphatic rings. The predicted molar refractivity (Wildman–Crippen MR) is 51.4 cm³/mol. The zero-order chi connectivity index (χ0) is 12.7. The molecule has 0 fully saturated rings. The van der Waals surface area contributed by atoms with Gasteiger partial charge >= 0.3 is 0 Å². The molecule has 16 heavy (non-hydrogen) atoms. The fraction of sp³-hybridized carbons (Fsp3) is 1.00. The molecule has 0 aliphatic heterocycles. The first-order valence-electron chi connectivity index (χ1n) is 4.44. The van der Waals surface area contributed by atoms with Crippen LogP contribution in [0.15, 0.2) is 10.4 Å². The van der Waals surface area contributed by atoms with E-state index in [1.165, 1.54) is 0 Å². The van der Waals surface area contributed by atoms with Gasteiger partial charge in [-0.05, 0) is 0 Å². The molecule has 0 aliphatic carbocycles. The Hall–Kier alpha value is -1.00. The standard InChI is InChI=1S/C7H14N2O7/c10-1-3(8-15)6(13)5(9-16)7(14)4(12)2-11/h3-7,10-14H,1-2H2. The number of nitroso groups, excluding NO2 is 2. The second-order valence-corrected chi connectivity index (χ2v) is 3.18. The van der Waals surface area contributed by atoms with Gasteiger partial charge in [0.15, 0.2) is 0 Å². The van der Waals surface area contributed by atoms with Gasteiger partial charge in [-0.3, -0.25) is 0 Å². The fourth-order valence-electron chi connectivity index (χ4n) is 1.09. The van der Waals surface area contributed by atoms with Crippen molar-refractivity contribution >= 4 is 0 Å². The van der Waals surface area contributed by atoms with E-state index in [2.05, 4.69) is 10.4 Å². The highest BCUT2D eigenvalue weighted by Gasteiger charge is 2.37. The summed E-state index contributed by atoms with van der Waals surface area (Å²) in [7, 11) is 0. The molecule has 9 heteroatoms. The van der Waals surface area contributed by atoms with E-state index in [0.29, 0.717) is 0 Å². The maximum Gasteiger partial charge on any atom is 0.148 e. The lowest BCUT2D eigenvalue weighted by Crippen LogP contribution is -2.49. The molecule has 5 atom stereocenters. The van der Waals surface area contributed by atoms with Crippen LogP contribution in [0.3, 0.4) is 0 Å². The largest absolute Gasteiger partial charge is 0.394 e. The predicted octanol–water partition coefficient (Wildman–Crippen LogP) is -2.68. The smallest absolute Gasteiger partial charge is 0.148 e. The highest BCUT2D eigenvalue weighted by molar-refractivity contribution is 4.92. The first-order chi connectivity index (χ1) is 7.53. The molecule has 0 aromatic heterocycles. The topological polar surface area (TPSA) is 160 Å². The molecule has 0 radical (unpaired) electrons. The molecule has 0 aromatic rings. The molecule has 9 nitrogen and oxygen atoms in total. The third kappa shape index (κ3) is 3.54. The quantitative estimate of drug-likeness (QED) is 0.288. The molecule has 0 amide bonds. The van der Waals surface area contributed by atoms with Crippen molar-refractivity contribution in [3.8, 4) is 0 Å². The maximum atomic E-state index is 10.4. The number of nitrogens with zero attached hydrogens (tertiary/aromatic N) is 2. The van der Waals surface area contributed by atoms with Gasteiger partial charge in [0, 0.05) is 0 Å². The molecule has 0 bridgehead atoms. The molecule has 0 rings (SSSR count). The molecular formula is C7H14N2O7. The van der Waals surface area contributed by atoms with Crippen LogP contribution >= 0.6 is 0 Å². The lowest BCUT2D eigenvalue weighted by Gasteiger charge is -2.25. The van der Waals surface area contributed by atoms with E-state index < -0.39 is 43.6 Å². The SMILES string of the molecule is O=NC(CO)C(O)C(N=O)C(O)C(O)CO. The van der Waals surface area contributed by atoms with Crippen LogP contribution in [0.1, 0.15) is 0 Å². The first kappa shape index (κ1) is 15.0. The Labute approximate surface area is 90.3 Å². The van der Waals surface area contributed by atoms with Crippen molar-refractivity contribution < 1.29 is 25.5 Å². The van der Waals surface area contributed by atoms with Crippen molar-refractivity contribution in [2.45, 2.75) is 30.4 Å². The Bertz CT molecular complexity index is 227. The van der Waals surface area contributed by atoms with Crippen molar-refractivity contribution in [3.63, 3.8) is 0 Å². The summed E-state index contributed by atoms with van der Waals surface area (Å²) in [6, 6.07) is -3.31. The summed E-state index contributed by atoms with van der Waals surface area (Å²) in [4.78, 5) is 20.5. The van der Waals surface area contributed by atoms with Crippen molar-refractivity contribution in [2.75, 3.05) is 13.2 Å². The number of hydrogen-bond donors (Lipinski definition) is 5. The summed E-state index contributed by atoms with van der Waals surface area (Å²) in [5.41, 5.74) is 0. The Morgan fingerprint density at radius 2 is 1.44 bits per heavy atom. The lowest BCUT2D eigenvalue weighted by atomic mass is 9.97. The zero-order valence-corrected chi connectivity index (χ0v) is 8.25. The highest BCUT2D eigenvalue weighted by atomic mass is 16.4. The molecule has 0 aromatic carbocycles. The third-order valence-electron chi connectivity index (χ3n) is 2.12. The normalized spacial score (nSPS) is 20.6. The van der Waals surface area contributed by atoms with Crippen LogP contribution < -0.4 is 0 Å². The molecule has 0 spiro atoms. The van der Waals surface area contributed by atoms with E-state index in [9.17, 15) is 20.0 Å². The van der Waals surface area contributed by atoms with Crippen LogP contribution in [0, 0.1) is 9.81 Å². The number of aliphatic hydroxyl groups is 5. The van der Waals surface area contributed by atoms with Crippen LogP contribution in [0.25, 0.3) is 0 Å². The molecule has 94 valence electrons. The monoisotopic (exact) mass is 238 g/mol. The molecule has 0 saturated carbocycles. The summed E-state index contributed by atoms with van der Waals surface area (Å²) in [6.45, 7) is -1.68. The van der Waals surface area contributed by atoms with E-state index >= 15 is 0 Å². The Balaban J connectivity index is 4.70. The molecular weight excluding hydrogens is 224 g/mol. The van der Waals surface area contributed by atoms with Crippen molar-refractivity contribution in [1.29, 1.82) is 0 Å². The molecule has 5 unspecified atom stereocenters. The second kappa shape index (κ2) is 7.30. The van der Waals surface area contributed by atoms with Crippen molar-refractivity contribution in [2.24, 2.45) is 10.4 Å². The fourth-order valence-corrected chi connectivity index (χ4v) is 1.09. The minimum Gasteiger partial charge on any atom is -0.394 e. The summed E-state index contributed by atoms with van der Waals surface area (Å²) >= 11 is 0. The van der Waals surface area contributed by atoms with Crippen molar-refractivity contribution in [1.82, 2.24) is 0 Å². The molecule has 0 saturated heterocycles. The Morgan fingerprint density at radius 1 is 0.875 bits per heavy atom. The highest BCUT2D eigenvalue weighted by Crippen LogP contribution is 2.13. The van der Waals surface area contributed by atoms with Crippen LogP contribution in [0.2, 0.25) is 0 Å². The van der Waals surface area contributed by atoms with Crippen LogP contribution in [-0.2, 0) is 0 Å².